The molecule has 0 heterocycles. The van der Waals surface area contributed by atoms with Crippen LogP contribution in [0.2, 0.25) is 0 Å². The summed E-state index contributed by atoms with van der Waals surface area (Å²) in [7, 11) is 1.20. The summed E-state index contributed by atoms with van der Waals surface area (Å²) < 4.78 is 4.33. The first-order valence-corrected chi connectivity index (χ1v) is 3.64. The number of ether oxygens (including phenoxy) is 1. The van der Waals surface area contributed by atoms with Gasteiger partial charge in [0, 0.05) is 12.8 Å². The molecule has 1 atom stereocenters. The van der Waals surface area contributed by atoms with Gasteiger partial charge in [-0.25, -0.2) is 0 Å². The smallest absolute Gasteiger partial charge is 0.323 e. The van der Waals surface area contributed by atoms with Crippen molar-refractivity contribution in [2.24, 2.45) is 5.92 Å². The zero-order valence-electron chi connectivity index (χ0n) is 7.16. The van der Waals surface area contributed by atoms with E-state index in [1.54, 1.807) is 13.0 Å². The molecule has 0 aromatic rings. The van der Waals surface area contributed by atoms with E-state index in [9.17, 15) is 9.59 Å². The lowest BCUT2D eigenvalue weighted by molar-refractivity contribution is -0.145. The Bertz CT molecular complexity index is 217. The second kappa shape index (κ2) is 5.30. The highest BCUT2D eigenvalue weighted by molar-refractivity contribution is 5.85. The molecule has 4 heteroatoms. The quantitative estimate of drug-likeness (QED) is 0.580. The summed E-state index contributed by atoms with van der Waals surface area (Å²) in [6.45, 7) is 1.69. The first-order valence-electron chi connectivity index (χ1n) is 3.64. The molecule has 0 aliphatic carbocycles. The van der Waals surface area contributed by atoms with Crippen molar-refractivity contribution in [3.63, 3.8) is 0 Å². The molecule has 4 nitrogen and oxygen atoms in total. The average Bonchev–Trinajstić information content (AvgIpc) is 2.12. The summed E-state index contributed by atoms with van der Waals surface area (Å²) in [4.78, 5) is 21.6. The summed E-state index contributed by atoms with van der Waals surface area (Å²) in [5.41, 5.74) is 0. The fraction of sp³-hybridized carbons (Fsp3) is 0.625. The number of ketones is 1. The van der Waals surface area contributed by atoms with E-state index in [0.717, 1.165) is 0 Å². The summed E-state index contributed by atoms with van der Waals surface area (Å²) in [5.74, 6) is -1.69. The van der Waals surface area contributed by atoms with Crippen molar-refractivity contribution < 1.29 is 14.3 Å². The van der Waals surface area contributed by atoms with Gasteiger partial charge in [-0.2, -0.15) is 5.26 Å². The van der Waals surface area contributed by atoms with Crippen LogP contribution in [0.5, 0.6) is 0 Å². The van der Waals surface area contributed by atoms with E-state index in [-0.39, 0.29) is 12.2 Å². The van der Waals surface area contributed by atoms with Crippen molar-refractivity contribution in [2.75, 3.05) is 7.11 Å². The van der Waals surface area contributed by atoms with Crippen LogP contribution in [-0.2, 0) is 14.3 Å². The molecule has 0 aromatic heterocycles. The highest BCUT2D eigenvalue weighted by Gasteiger charge is 2.20. The Hall–Kier alpha value is -1.37. The zero-order chi connectivity index (χ0) is 9.56. The standard InChI is InChI=1S/C8H11NO3/c1-3-7(10)4-6(5-9)8(11)12-2/h6H,3-4H2,1-2H3/t6-/m1/s1. The lowest BCUT2D eigenvalue weighted by atomic mass is 10.0. The molecule has 0 bridgehead atoms. The maximum absolute atomic E-state index is 10.8. The van der Waals surface area contributed by atoms with E-state index in [0.29, 0.717) is 6.42 Å². The molecule has 0 aliphatic heterocycles. The first-order chi connectivity index (χ1) is 5.65. The van der Waals surface area contributed by atoms with Crippen molar-refractivity contribution in [1.82, 2.24) is 0 Å². The molecular formula is C8H11NO3. The van der Waals surface area contributed by atoms with E-state index in [4.69, 9.17) is 5.26 Å². The van der Waals surface area contributed by atoms with Gasteiger partial charge < -0.3 is 4.74 Å². The van der Waals surface area contributed by atoms with Gasteiger partial charge in [0.15, 0.2) is 5.92 Å². The second-order valence-electron chi connectivity index (χ2n) is 2.30. The Labute approximate surface area is 71.1 Å². The molecule has 0 radical (unpaired) electrons. The number of methoxy groups -OCH3 is 1. The van der Waals surface area contributed by atoms with Gasteiger partial charge in [0.1, 0.15) is 5.78 Å². The lowest BCUT2D eigenvalue weighted by Crippen LogP contribution is -2.17. The molecule has 0 aliphatic rings. The van der Waals surface area contributed by atoms with E-state index >= 15 is 0 Å². The minimum atomic E-state index is -0.942. The number of esters is 1. The van der Waals surface area contributed by atoms with Crippen molar-refractivity contribution in [3.8, 4) is 6.07 Å². The number of rotatable bonds is 4. The SMILES string of the molecule is CCC(=O)C[C@H](C#N)C(=O)OC. The number of carbonyl (C=O) groups excluding carboxylic acids is 2. The van der Waals surface area contributed by atoms with E-state index in [1.165, 1.54) is 7.11 Å². The number of nitriles is 1. The Kier molecular flexibility index (Phi) is 4.70. The van der Waals surface area contributed by atoms with E-state index in [1.807, 2.05) is 0 Å². The van der Waals surface area contributed by atoms with Gasteiger partial charge in [-0.05, 0) is 0 Å². The zero-order valence-corrected chi connectivity index (χ0v) is 7.16. The van der Waals surface area contributed by atoms with Crippen molar-refractivity contribution >= 4 is 11.8 Å². The first kappa shape index (κ1) is 10.6. The van der Waals surface area contributed by atoms with Crippen LogP contribution in [0.3, 0.4) is 0 Å². The highest BCUT2D eigenvalue weighted by atomic mass is 16.5. The fourth-order valence-corrected chi connectivity index (χ4v) is 0.696. The largest absolute Gasteiger partial charge is 0.468 e. The third-order valence-corrected chi connectivity index (χ3v) is 1.47. The monoisotopic (exact) mass is 169 g/mol. The maximum atomic E-state index is 10.8. The van der Waals surface area contributed by atoms with Gasteiger partial charge in [0.2, 0.25) is 0 Å². The van der Waals surface area contributed by atoms with Crippen LogP contribution in [0.1, 0.15) is 19.8 Å². The molecule has 0 aromatic carbocycles. The third-order valence-electron chi connectivity index (χ3n) is 1.47. The molecule has 12 heavy (non-hydrogen) atoms. The minimum Gasteiger partial charge on any atom is -0.468 e. The molecule has 0 rings (SSSR count). The van der Waals surface area contributed by atoms with Gasteiger partial charge in [0.25, 0.3) is 0 Å². The second-order valence-corrected chi connectivity index (χ2v) is 2.30. The van der Waals surface area contributed by atoms with Crippen LogP contribution >= 0.6 is 0 Å². The third kappa shape index (κ3) is 3.15. The molecule has 66 valence electrons. The Morgan fingerprint density at radius 2 is 2.17 bits per heavy atom. The highest BCUT2D eigenvalue weighted by Crippen LogP contribution is 2.05. The van der Waals surface area contributed by atoms with Gasteiger partial charge in [-0.15, -0.1) is 0 Å². The van der Waals surface area contributed by atoms with Gasteiger partial charge in [-0.3, -0.25) is 9.59 Å². The summed E-state index contributed by atoms with van der Waals surface area (Å²) in [5, 5.41) is 8.47. The molecule has 0 saturated heterocycles. The van der Waals surface area contributed by atoms with E-state index < -0.39 is 11.9 Å². The lowest BCUT2D eigenvalue weighted by Gasteiger charge is -2.03. The number of Topliss-reactive ketones (excluding diaryl/α,β-unsaturated/α-hetero) is 1. The molecule has 0 spiro atoms. The van der Waals surface area contributed by atoms with Crippen LogP contribution in [0.15, 0.2) is 0 Å². The number of carbonyl (C=O) groups is 2. The topological polar surface area (TPSA) is 67.2 Å². The normalized spacial score (nSPS) is 11.4. The Morgan fingerprint density at radius 1 is 1.58 bits per heavy atom. The fourth-order valence-electron chi connectivity index (χ4n) is 0.696. The maximum Gasteiger partial charge on any atom is 0.323 e. The summed E-state index contributed by atoms with van der Waals surface area (Å²) in [6.07, 6.45) is 0.300. The minimum absolute atomic E-state index is 0.0420. The van der Waals surface area contributed by atoms with Gasteiger partial charge >= 0.3 is 5.97 Å². The Morgan fingerprint density at radius 3 is 2.50 bits per heavy atom. The molecular weight excluding hydrogens is 158 g/mol. The average molecular weight is 169 g/mol. The van der Waals surface area contributed by atoms with Crippen molar-refractivity contribution in [1.29, 1.82) is 5.26 Å². The van der Waals surface area contributed by atoms with Crippen LogP contribution in [0.25, 0.3) is 0 Å². The van der Waals surface area contributed by atoms with Crippen LogP contribution in [0, 0.1) is 17.2 Å². The van der Waals surface area contributed by atoms with Crippen molar-refractivity contribution in [3.05, 3.63) is 0 Å². The van der Waals surface area contributed by atoms with Crippen molar-refractivity contribution in [2.45, 2.75) is 19.8 Å². The molecule has 0 unspecified atom stereocenters. The van der Waals surface area contributed by atoms with E-state index in [2.05, 4.69) is 4.74 Å². The van der Waals surface area contributed by atoms with Crippen LogP contribution in [0.4, 0.5) is 0 Å². The Balaban J connectivity index is 4.11. The number of nitrogens with zero attached hydrogens (tertiary/aromatic N) is 1. The number of hydrogen-bond acceptors (Lipinski definition) is 4. The molecule has 0 N–H and O–H groups in total. The predicted molar refractivity (Wildman–Crippen MR) is 41.0 cm³/mol. The summed E-state index contributed by atoms with van der Waals surface area (Å²) in [6, 6.07) is 1.72. The van der Waals surface area contributed by atoms with Crippen LogP contribution in [-0.4, -0.2) is 18.9 Å². The predicted octanol–water partition coefficient (Wildman–Crippen LogP) is 0.668. The molecule has 0 saturated carbocycles. The molecule has 0 amide bonds. The number of hydrogen-bond donors (Lipinski definition) is 0. The van der Waals surface area contributed by atoms with Gasteiger partial charge in [0.05, 0.1) is 13.2 Å². The summed E-state index contributed by atoms with van der Waals surface area (Å²) >= 11 is 0. The molecule has 0 fully saturated rings. The van der Waals surface area contributed by atoms with Gasteiger partial charge in [-0.1, -0.05) is 6.92 Å². The van der Waals surface area contributed by atoms with Crippen LogP contribution < -0.4 is 0 Å².